The molecule has 1 saturated heterocycles. The second-order valence-electron chi connectivity index (χ2n) is 11.3. The predicted molar refractivity (Wildman–Crippen MR) is 163 cm³/mol. The van der Waals surface area contributed by atoms with Gasteiger partial charge in [-0.2, -0.15) is 0 Å². The molecule has 0 bridgehead atoms. The van der Waals surface area contributed by atoms with E-state index in [0.717, 1.165) is 18.4 Å². The quantitative estimate of drug-likeness (QED) is 0.251. The minimum absolute atomic E-state index is 0.0251. The lowest BCUT2D eigenvalue weighted by molar-refractivity contribution is -0.158. The molecular formula is C31H44N6O7. The van der Waals surface area contributed by atoms with Crippen LogP contribution in [0.2, 0.25) is 0 Å². The summed E-state index contributed by atoms with van der Waals surface area (Å²) in [6.45, 7) is 10.9. The maximum atomic E-state index is 13.7. The minimum Gasteiger partial charge on any atom is -0.460 e. The van der Waals surface area contributed by atoms with E-state index in [9.17, 15) is 19.2 Å². The smallest absolute Gasteiger partial charge is 0.460 e. The number of ether oxygens (including phenoxy) is 2. The second-order valence-corrected chi connectivity index (χ2v) is 11.3. The van der Waals surface area contributed by atoms with Gasteiger partial charge in [0.05, 0.1) is 19.7 Å². The van der Waals surface area contributed by atoms with Crippen LogP contribution in [0.4, 0.5) is 10.6 Å². The molecule has 2 heterocycles. The highest BCUT2D eigenvalue weighted by Gasteiger charge is 2.31. The van der Waals surface area contributed by atoms with Gasteiger partial charge in [0.15, 0.2) is 5.82 Å². The van der Waals surface area contributed by atoms with Crippen LogP contribution in [0.3, 0.4) is 0 Å². The van der Waals surface area contributed by atoms with Crippen molar-refractivity contribution in [1.82, 2.24) is 25.2 Å². The molecule has 2 aromatic rings. The number of carbonyl (C=O) groups excluding carboxylic acids is 4. The normalized spacial score (nSPS) is 14.3. The van der Waals surface area contributed by atoms with Gasteiger partial charge in [-0.25, -0.2) is 14.8 Å². The standard InChI is InChI=1S/C31H44N6O7/c1-6-8-16-32-25-21-24(33-27(35-25)22-12-10-9-11-13-22)28(39)34-23(14-15-26(38)43-31(3,4)5)29(40)36-17-19-37(20-18-36)44-30(41)42-7-2/h9-13,21,23H,6-8,14-20H2,1-5H3,(H,34,39)(H,32,33,35)/t23-/m0/s1. The molecule has 240 valence electrons. The molecule has 0 saturated carbocycles. The lowest BCUT2D eigenvalue weighted by atomic mass is 10.1. The molecule has 13 nitrogen and oxygen atoms in total. The van der Waals surface area contributed by atoms with E-state index in [0.29, 0.717) is 18.2 Å². The zero-order valence-electron chi connectivity index (χ0n) is 26.3. The zero-order valence-corrected chi connectivity index (χ0v) is 26.3. The van der Waals surface area contributed by atoms with Gasteiger partial charge in [-0.3, -0.25) is 14.4 Å². The maximum Gasteiger partial charge on any atom is 0.527 e. The Hall–Kier alpha value is -4.26. The molecule has 2 amide bonds. The van der Waals surface area contributed by atoms with Crippen molar-refractivity contribution in [3.8, 4) is 11.4 Å². The fraction of sp³-hybridized carbons (Fsp3) is 0.548. The van der Waals surface area contributed by atoms with Crippen molar-refractivity contribution in [3.63, 3.8) is 0 Å². The molecule has 3 rings (SSSR count). The molecule has 13 heteroatoms. The third kappa shape index (κ3) is 11.1. The van der Waals surface area contributed by atoms with Crippen LogP contribution in [0, 0.1) is 0 Å². The van der Waals surface area contributed by atoms with Crippen molar-refractivity contribution in [2.24, 2.45) is 0 Å². The van der Waals surface area contributed by atoms with E-state index in [2.05, 4.69) is 27.5 Å². The van der Waals surface area contributed by atoms with E-state index in [1.165, 1.54) is 5.06 Å². The summed E-state index contributed by atoms with van der Waals surface area (Å²) in [4.78, 5) is 67.3. The number of amides is 2. The SMILES string of the molecule is CCCCNc1cc(C(=O)N[C@@H](CCC(=O)OC(C)(C)C)C(=O)N2CCN(OC(=O)OCC)CC2)nc(-c2ccccc2)n1. The highest BCUT2D eigenvalue weighted by Crippen LogP contribution is 2.19. The number of rotatable bonds is 13. The summed E-state index contributed by atoms with van der Waals surface area (Å²) in [5, 5.41) is 7.48. The third-order valence-electron chi connectivity index (χ3n) is 6.50. The van der Waals surface area contributed by atoms with Crippen molar-refractivity contribution >= 4 is 29.8 Å². The molecule has 1 aliphatic rings. The van der Waals surface area contributed by atoms with Gasteiger partial charge in [0.1, 0.15) is 23.2 Å². The van der Waals surface area contributed by atoms with Crippen molar-refractivity contribution in [2.45, 2.75) is 71.9 Å². The first kappa shape index (κ1) is 34.2. The van der Waals surface area contributed by atoms with Crippen LogP contribution in [-0.4, -0.2) is 94.8 Å². The van der Waals surface area contributed by atoms with Gasteiger partial charge in [-0.1, -0.05) is 43.7 Å². The first-order chi connectivity index (χ1) is 21.0. The third-order valence-corrected chi connectivity index (χ3v) is 6.50. The number of hydrogen-bond acceptors (Lipinski definition) is 11. The number of hydrogen-bond donors (Lipinski definition) is 2. The topological polar surface area (TPSA) is 152 Å². The molecule has 1 aromatic carbocycles. The van der Waals surface area contributed by atoms with Gasteiger partial charge in [0.25, 0.3) is 5.91 Å². The van der Waals surface area contributed by atoms with Gasteiger partial charge in [0.2, 0.25) is 5.91 Å². The summed E-state index contributed by atoms with van der Waals surface area (Å²) in [5.41, 5.74) is 0.132. The summed E-state index contributed by atoms with van der Waals surface area (Å²) in [6.07, 6.45) is 1.05. The van der Waals surface area contributed by atoms with E-state index in [1.807, 2.05) is 30.3 Å². The summed E-state index contributed by atoms with van der Waals surface area (Å²) in [7, 11) is 0. The Balaban J connectivity index is 1.79. The lowest BCUT2D eigenvalue weighted by Gasteiger charge is -2.35. The van der Waals surface area contributed by atoms with E-state index in [-0.39, 0.29) is 57.2 Å². The van der Waals surface area contributed by atoms with Crippen molar-refractivity contribution in [2.75, 3.05) is 44.6 Å². The molecule has 1 aliphatic heterocycles. The number of carbonyl (C=O) groups is 4. The highest BCUT2D eigenvalue weighted by atomic mass is 16.8. The van der Waals surface area contributed by atoms with Crippen LogP contribution in [-0.2, 0) is 23.9 Å². The molecular weight excluding hydrogens is 568 g/mol. The number of benzene rings is 1. The van der Waals surface area contributed by atoms with Gasteiger partial charge < -0.3 is 29.8 Å². The van der Waals surface area contributed by atoms with Crippen LogP contribution in [0.25, 0.3) is 11.4 Å². The first-order valence-corrected chi connectivity index (χ1v) is 15.1. The Morgan fingerprint density at radius 2 is 1.70 bits per heavy atom. The molecule has 0 spiro atoms. The molecule has 0 aliphatic carbocycles. The number of anilines is 1. The summed E-state index contributed by atoms with van der Waals surface area (Å²) < 4.78 is 10.2. The fourth-order valence-corrected chi connectivity index (χ4v) is 4.38. The Bertz CT molecular complexity index is 1260. The summed E-state index contributed by atoms with van der Waals surface area (Å²) >= 11 is 0. The Morgan fingerprint density at radius 3 is 2.34 bits per heavy atom. The average molecular weight is 613 g/mol. The molecule has 44 heavy (non-hydrogen) atoms. The molecule has 1 atom stereocenters. The van der Waals surface area contributed by atoms with E-state index < -0.39 is 29.7 Å². The first-order valence-electron chi connectivity index (χ1n) is 15.1. The van der Waals surface area contributed by atoms with Gasteiger partial charge in [-0.05, 0) is 40.5 Å². The maximum absolute atomic E-state index is 13.7. The number of aromatic nitrogens is 2. The molecule has 1 aromatic heterocycles. The monoisotopic (exact) mass is 612 g/mol. The summed E-state index contributed by atoms with van der Waals surface area (Å²) in [6, 6.07) is 9.83. The Labute approximate surface area is 258 Å². The number of hydroxylamine groups is 2. The molecule has 0 radical (unpaired) electrons. The number of unbranched alkanes of at least 4 members (excludes halogenated alkanes) is 1. The number of piperazine rings is 1. The van der Waals surface area contributed by atoms with Crippen LogP contribution >= 0.6 is 0 Å². The van der Waals surface area contributed by atoms with E-state index in [4.69, 9.17) is 14.3 Å². The van der Waals surface area contributed by atoms with Gasteiger partial charge >= 0.3 is 12.1 Å². The number of nitrogens with one attached hydrogen (secondary N) is 2. The lowest BCUT2D eigenvalue weighted by Crippen LogP contribution is -2.55. The predicted octanol–water partition coefficient (Wildman–Crippen LogP) is 3.81. The Kier molecular flexibility index (Phi) is 12.9. The van der Waals surface area contributed by atoms with E-state index >= 15 is 0 Å². The molecule has 0 unspecified atom stereocenters. The number of nitrogens with zero attached hydrogens (tertiary/aromatic N) is 4. The second kappa shape index (κ2) is 16.6. The van der Waals surface area contributed by atoms with Crippen LogP contribution in [0.5, 0.6) is 0 Å². The average Bonchev–Trinajstić information content (AvgIpc) is 2.99. The van der Waals surface area contributed by atoms with Gasteiger partial charge in [-0.15, -0.1) is 5.06 Å². The largest absolute Gasteiger partial charge is 0.527 e. The van der Waals surface area contributed by atoms with Crippen LogP contribution in [0.1, 0.15) is 70.8 Å². The fourth-order valence-electron chi connectivity index (χ4n) is 4.38. The Morgan fingerprint density at radius 1 is 1.00 bits per heavy atom. The van der Waals surface area contributed by atoms with Gasteiger partial charge in [0, 0.05) is 37.7 Å². The summed E-state index contributed by atoms with van der Waals surface area (Å²) in [5.74, 6) is -0.558. The molecule has 2 N–H and O–H groups in total. The van der Waals surface area contributed by atoms with Crippen molar-refractivity contribution in [1.29, 1.82) is 0 Å². The minimum atomic E-state index is -1.03. The molecule has 1 fully saturated rings. The van der Waals surface area contributed by atoms with Crippen LogP contribution in [0.15, 0.2) is 36.4 Å². The van der Waals surface area contributed by atoms with Crippen molar-refractivity contribution < 1.29 is 33.5 Å². The van der Waals surface area contributed by atoms with Crippen molar-refractivity contribution in [3.05, 3.63) is 42.1 Å². The highest BCUT2D eigenvalue weighted by molar-refractivity contribution is 5.97. The van der Waals surface area contributed by atoms with Crippen LogP contribution < -0.4 is 10.6 Å². The number of esters is 1. The zero-order chi connectivity index (χ0) is 32.1. The van der Waals surface area contributed by atoms with E-state index in [1.54, 1.807) is 38.7 Å².